The lowest BCUT2D eigenvalue weighted by molar-refractivity contribution is -0.187. The van der Waals surface area contributed by atoms with Gasteiger partial charge >= 0.3 is 5.76 Å². The van der Waals surface area contributed by atoms with Crippen LogP contribution >= 0.6 is 0 Å². The topological polar surface area (TPSA) is 56.8 Å². The van der Waals surface area contributed by atoms with Gasteiger partial charge in [0.1, 0.15) is 0 Å². The van der Waals surface area contributed by atoms with Gasteiger partial charge in [0.15, 0.2) is 11.4 Å². The third kappa shape index (κ3) is 2.29. The number of benzene rings is 1. The first-order valence-electron chi connectivity index (χ1n) is 7.34. The SMILES string of the molecule is O=c1oc2ccccc2n1CN1CCC2(CC1)OCCO2. The highest BCUT2D eigenvalue weighted by atomic mass is 16.7. The second kappa shape index (κ2) is 4.98. The Hall–Kier alpha value is -1.63. The minimum absolute atomic E-state index is 0.301. The van der Waals surface area contributed by atoms with Crippen molar-refractivity contribution in [2.24, 2.45) is 0 Å². The minimum Gasteiger partial charge on any atom is -0.408 e. The summed E-state index contributed by atoms with van der Waals surface area (Å²) >= 11 is 0. The Morgan fingerprint density at radius 2 is 1.81 bits per heavy atom. The Balaban J connectivity index is 1.51. The number of fused-ring (bicyclic) bond motifs is 1. The smallest absolute Gasteiger partial charge is 0.408 e. The lowest BCUT2D eigenvalue weighted by Gasteiger charge is -2.37. The van der Waals surface area contributed by atoms with Gasteiger partial charge in [-0.2, -0.15) is 0 Å². The number of hydrogen-bond donors (Lipinski definition) is 0. The van der Waals surface area contributed by atoms with Gasteiger partial charge in [-0.05, 0) is 12.1 Å². The molecule has 2 aromatic rings. The average Bonchev–Trinajstić information content (AvgIpc) is 3.07. The third-order valence-corrected chi connectivity index (χ3v) is 4.35. The van der Waals surface area contributed by atoms with E-state index in [2.05, 4.69) is 4.90 Å². The van der Waals surface area contributed by atoms with Crippen molar-refractivity contribution < 1.29 is 13.9 Å². The zero-order chi connectivity index (χ0) is 14.3. The molecule has 2 aliphatic rings. The van der Waals surface area contributed by atoms with Crippen LogP contribution in [0.1, 0.15) is 12.8 Å². The first-order chi connectivity index (χ1) is 10.3. The van der Waals surface area contributed by atoms with E-state index in [0.29, 0.717) is 25.5 Å². The van der Waals surface area contributed by atoms with Crippen LogP contribution in [-0.4, -0.2) is 41.6 Å². The second-order valence-electron chi connectivity index (χ2n) is 5.63. The summed E-state index contributed by atoms with van der Waals surface area (Å²) in [4.78, 5) is 14.2. The fourth-order valence-electron chi connectivity index (χ4n) is 3.17. The van der Waals surface area contributed by atoms with Crippen LogP contribution < -0.4 is 5.76 Å². The summed E-state index contributed by atoms with van der Waals surface area (Å²) in [5, 5.41) is 0. The highest BCUT2D eigenvalue weighted by Gasteiger charge is 2.39. The van der Waals surface area contributed by atoms with Crippen molar-refractivity contribution in [3.8, 4) is 0 Å². The molecule has 2 saturated heterocycles. The van der Waals surface area contributed by atoms with E-state index >= 15 is 0 Å². The molecule has 1 aromatic carbocycles. The number of aromatic nitrogens is 1. The van der Waals surface area contributed by atoms with Crippen LogP contribution in [0, 0.1) is 0 Å². The molecule has 1 spiro atoms. The van der Waals surface area contributed by atoms with E-state index in [9.17, 15) is 4.79 Å². The fraction of sp³-hybridized carbons (Fsp3) is 0.533. The molecule has 0 bridgehead atoms. The van der Waals surface area contributed by atoms with Gasteiger partial charge in [0.25, 0.3) is 0 Å². The normalized spacial score (nSPS) is 22.3. The minimum atomic E-state index is -0.375. The molecular weight excluding hydrogens is 272 g/mol. The van der Waals surface area contributed by atoms with E-state index in [1.54, 1.807) is 4.57 Å². The molecule has 0 atom stereocenters. The maximum Gasteiger partial charge on any atom is 0.421 e. The Labute approximate surface area is 121 Å². The first kappa shape index (κ1) is 13.1. The molecule has 2 aliphatic heterocycles. The van der Waals surface area contributed by atoms with Gasteiger partial charge in [-0.3, -0.25) is 9.47 Å². The molecule has 21 heavy (non-hydrogen) atoms. The summed E-state index contributed by atoms with van der Waals surface area (Å²) in [5.74, 6) is -0.676. The zero-order valence-corrected chi connectivity index (χ0v) is 11.8. The Morgan fingerprint density at radius 3 is 2.57 bits per heavy atom. The van der Waals surface area contributed by atoms with Gasteiger partial charge < -0.3 is 13.9 Å². The standard InChI is InChI=1S/C15H18N2O4/c18-14-17(12-3-1-2-4-13(12)21-14)11-16-7-5-15(6-8-16)19-9-10-20-15/h1-4H,5-11H2. The van der Waals surface area contributed by atoms with Crippen LogP contribution in [0.3, 0.4) is 0 Å². The predicted octanol–water partition coefficient (Wildman–Crippen LogP) is 1.39. The number of hydrogen-bond acceptors (Lipinski definition) is 5. The fourth-order valence-corrected chi connectivity index (χ4v) is 3.17. The molecule has 0 unspecified atom stereocenters. The number of likely N-dealkylation sites (tertiary alicyclic amines) is 1. The van der Waals surface area contributed by atoms with E-state index < -0.39 is 0 Å². The number of rotatable bonds is 2. The van der Waals surface area contributed by atoms with E-state index in [0.717, 1.165) is 31.4 Å². The molecule has 0 amide bonds. The number of oxazole rings is 1. The molecule has 112 valence electrons. The van der Waals surface area contributed by atoms with Crippen LogP contribution in [0.15, 0.2) is 33.5 Å². The van der Waals surface area contributed by atoms with E-state index in [-0.39, 0.29) is 11.5 Å². The highest BCUT2D eigenvalue weighted by molar-refractivity contribution is 5.72. The van der Waals surface area contributed by atoms with Crippen molar-refractivity contribution in [1.29, 1.82) is 0 Å². The van der Waals surface area contributed by atoms with Crippen LogP contribution in [0.5, 0.6) is 0 Å². The van der Waals surface area contributed by atoms with Gasteiger partial charge in [0.05, 0.1) is 25.4 Å². The summed E-state index contributed by atoms with van der Waals surface area (Å²) < 4.78 is 18.4. The molecule has 0 saturated carbocycles. The Morgan fingerprint density at radius 1 is 1.10 bits per heavy atom. The number of para-hydroxylation sites is 2. The summed E-state index contributed by atoms with van der Waals surface area (Å²) in [7, 11) is 0. The van der Waals surface area contributed by atoms with Crippen molar-refractivity contribution >= 4 is 11.1 Å². The van der Waals surface area contributed by atoms with Crippen molar-refractivity contribution in [1.82, 2.24) is 9.47 Å². The van der Waals surface area contributed by atoms with Crippen LogP contribution in [0.2, 0.25) is 0 Å². The maximum atomic E-state index is 12.0. The molecule has 0 radical (unpaired) electrons. The van der Waals surface area contributed by atoms with Gasteiger partial charge in [0.2, 0.25) is 0 Å². The maximum absolute atomic E-state index is 12.0. The zero-order valence-electron chi connectivity index (χ0n) is 11.8. The van der Waals surface area contributed by atoms with Crippen LogP contribution in [0.25, 0.3) is 11.1 Å². The Kier molecular flexibility index (Phi) is 3.10. The number of nitrogens with zero attached hydrogens (tertiary/aromatic N) is 2. The first-order valence-corrected chi connectivity index (χ1v) is 7.34. The largest absolute Gasteiger partial charge is 0.421 e. The lowest BCUT2D eigenvalue weighted by atomic mass is 10.0. The molecule has 4 rings (SSSR count). The molecule has 0 aliphatic carbocycles. The molecule has 0 N–H and O–H groups in total. The van der Waals surface area contributed by atoms with Gasteiger partial charge in [-0.1, -0.05) is 12.1 Å². The van der Waals surface area contributed by atoms with Crippen LogP contribution in [-0.2, 0) is 16.1 Å². The number of ether oxygens (including phenoxy) is 2. The van der Waals surface area contributed by atoms with E-state index in [1.165, 1.54) is 0 Å². The second-order valence-corrected chi connectivity index (χ2v) is 5.63. The van der Waals surface area contributed by atoms with Gasteiger partial charge in [-0.25, -0.2) is 4.79 Å². The van der Waals surface area contributed by atoms with Gasteiger partial charge in [0, 0.05) is 25.9 Å². The van der Waals surface area contributed by atoms with E-state index in [4.69, 9.17) is 13.9 Å². The van der Waals surface area contributed by atoms with Gasteiger partial charge in [-0.15, -0.1) is 0 Å². The molecular formula is C15H18N2O4. The summed E-state index contributed by atoms with van der Waals surface area (Å²) in [5.41, 5.74) is 1.48. The van der Waals surface area contributed by atoms with Crippen molar-refractivity contribution in [3.05, 3.63) is 34.8 Å². The predicted molar refractivity (Wildman–Crippen MR) is 75.9 cm³/mol. The Bertz CT molecular complexity index is 689. The van der Waals surface area contributed by atoms with Crippen molar-refractivity contribution in [3.63, 3.8) is 0 Å². The monoisotopic (exact) mass is 290 g/mol. The molecule has 1 aromatic heterocycles. The molecule has 6 nitrogen and oxygen atoms in total. The molecule has 3 heterocycles. The highest BCUT2D eigenvalue weighted by Crippen LogP contribution is 2.31. The lowest BCUT2D eigenvalue weighted by Crippen LogP contribution is -2.46. The van der Waals surface area contributed by atoms with Crippen molar-refractivity contribution in [2.75, 3.05) is 26.3 Å². The van der Waals surface area contributed by atoms with Crippen LogP contribution in [0.4, 0.5) is 0 Å². The average molecular weight is 290 g/mol. The molecule has 2 fully saturated rings. The molecule has 6 heteroatoms. The number of piperidine rings is 1. The third-order valence-electron chi connectivity index (χ3n) is 4.35. The summed E-state index contributed by atoms with van der Waals surface area (Å²) in [6.07, 6.45) is 1.69. The quantitative estimate of drug-likeness (QED) is 0.836. The summed E-state index contributed by atoms with van der Waals surface area (Å²) in [6.45, 7) is 3.63. The van der Waals surface area contributed by atoms with Crippen molar-refractivity contribution in [2.45, 2.75) is 25.3 Å². The van der Waals surface area contributed by atoms with E-state index in [1.807, 2.05) is 24.3 Å². The summed E-state index contributed by atoms with van der Waals surface area (Å²) in [6, 6.07) is 7.52.